The Hall–Kier alpha value is -2.70. The van der Waals surface area contributed by atoms with Crippen molar-refractivity contribution in [2.45, 2.75) is 43.8 Å². The zero-order valence-electron chi connectivity index (χ0n) is 15.1. The van der Waals surface area contributed by atoms with Crippen LogP contribution in [0.2, 0.25) is 0 Å². The molecule has 0 spiro atoms. The van der Waals surface area contributed by atoms with Gasteiger partial charge in [-0.15, -0.1) is 0 Å². The Morgan fingerprint density at radius 1 is 1.15 bits per heavy atom. The van der Waals surface area contributed by atoms with E-state index in [9.17, 15) is 4.79 Å². The molecule has 0 radical (unpaired) electrons. The van der Waals surface area contributed by atoms with E-state index in [0.29, 0.717) is 23.2 Å². The van der Waals surface area contributed by atoms with Crippen molar-refractivity contribution in [1.82, 2.24) is 14.7 Å². The van der Waals surface area contributed by atoms with Gasteiger partial charge in [0.05, 0.1) is 25.9 Å². The predicted molar refractivity (Wildman–Crippen MR) is 97.7 cm³/mol. The Morgan fingerprint density at radius 3 is 2.54 bits per heavy atom. The van der Waals surface area contributed by atoms with Crippen LogP contribution in [0.3, 0.4) is 0 Å². The lowest BCUT2D eigenvalue weighted by Gasteiger charge is -2.39. The van der Waals surface area contributed by atoms with Gasteiger partial charge in [-0.3, -0.25) is 4.68 Å². The van der Waals surface area contributed by atoms with Crippen molar-refractivity contribution in [1.29, 1.82) is 0 Å². The van der Waals surface area contributed by atoms with Gasteiger partial charge in [-0.1, -0.05) is 0 Å². The molecule has 1 aromatic heterocycles. The van der Waals surface area contributed by atoms with Crippen molar-refractivity contribution in [3.05, 3.63) is 36.7 Å². The van der Waals surface area contributed by atoms with Crippen molar-refractivity contribution in [2.24, 2.45) is 0 Å². The van der Waals surface area contributed by atoms with Crippen LogP contribution in [-0.2, 0) is 0 Å². The minimum absolute atomic E-state index is 0.0557. The fourth-order valence-corrected chi connectivity index (χ4v) is 4.27. The molecular weight excluding hydrogens is 332 g/mol. The molecule has 0 aliphatic carbocycles. The topological polar surface area (TPSA) is 68.6 Å². The molecule has 1 N–H and O–H groups in total. The first-order valence-electron chi connectivity index (χ1n) is 9.00. The van der Waals surface area contributed by atoms with Crippen LogP contribution in [0.1, 0.15) is 31.7 Å². The second kappa shape index (κ2) is 6.90. The third kappa shape index (κ3) is 2.98. The van der Waals surface area contributed by atoms with Gasteiger partial charge in [0.1, 0.15) is 11.5 Å². The number of benzene rings is 1. The number of piperidine rings is 1. The largest absolute Gasteiger partial charge is 0.497 e. The van der Waals surface area contributed by atoms with Crippen molar-refractivity contribution in [3.8, 4) is 11.5 Å². The number of hydrogen-bond acceptors (Lipinski definition) is 4. The minimum atomic E-state index is -0.0557. The number of urea groups is 1. The number of rotatable bonds is 4. The number of carbonyl (C=O) groups excluding carboxylic acids is 1. The fraction of sp³-hybridized carbons (Fsp3) is 0.474. The van der Waals surface area contributed by atoms with Gasteiger partial charge in [-0.05, 0) is 43.9 Å². The van der Waals surface area contributed by atoms with Crippen LogP contribution >= 0.6 is 0 Å². The molecule has 2 bridgehead atoms. The van der Waals surface area contributed by atoms with E-state index < -0.39 is 0 Å². The van der Waals surface area contributed by atoms with Crippen LogP contribution in [0.5, 0.6) is 11.5 Å². The van der Waals surface area contributed by atoms with Crippen molar-refractivity contribution < 1.29 is 14.3 Å². The van der Waals surface area contributed by atoms with Gasteiger partial charge in [0.2, 0.25) is 0 Å². The number of methoxy groups -OCH3 is 2. The Balaban J connectivity index is 1.48. The summed E-state index contributed by atoms with van der Waals surface area (Å²) in [5.74, 6) is 1.29. The van der Waals surface area contributed by atoms with Crippen LogP contribution in [0.4, 0.5) is 10.5 Å². The van der Waals surface area contributed by atoms with E-state index >= 15 is 0 Å². The van der Waals surface area contributed by atoms with Crippen molar-refractivity contribution in [3.63, 3.8) is 0 Å². The average molecular weight is 356 g/mol. The van der Waals surface area contributed by atoms with Crippen LogP contribution in [0, 0.1) is 0 Å². The van der Waals surface area contributed by atoms with E-state index in [0.717, 1.165) is 25.7 Å². The molecule has 2 aliphatic rings. The molecular formula is C19H24N4O3. The third-order valence-electron chi connectivity index (χ3n) is 5.49. The Morgan fingerprint density at radius 2 is 1.92 bits per heavy atom. The summed E-state index contributed by atoms with van der Waals surface area (Å²) in [5.41, 5.74) is 0.659. The Bertz CT molecular complexity index is 763. The summed E-state index contributed by atoms with van der Waals surface area (Å²) in [4.78, 5) is 15.0. The predicted octanol–water partition coefficient (Wildman–Crippen LogP) is 3.30. The van der Waals surface area contributed by atoms with Gasteiger partial charge in [-0.2, -0.15) is 5.10 Å². The molecule has 7 nitrogen and oxygen atoms in total. The molecule has 2 aliphatic heterocycles. The highest BCUT2D eigenvalue weighted by molar-refractivity contribution is 5.91. The molecule has 2 aromatic rings. The van der Waals surface area contributed by atoms with Gasteiger partial charge in [0, 0.05) is 30.5 Å². The van der Waals surface area contributed by atoms with E-state index in [1.807, 2.05) is 40.2 Å². The van der Waals surface area contributed by atoms with E-state index in [1.54, 1.807) is 20.3 Å². The molecule has 2 fully saturated rings. The molecule has 2 unspecified atom stereocenters. The van der Waals surface area contributed by atoms with E-state index in [2.05, 4.69) is 10.4 Å². The molecule has 2 atom stereocenters. The van der Waals surface area contributed by atoms with Crippen molar-refractivity contribution >= 4 is 11.7 Å². The fourth-order valence-electron chi connectivity index (χ4n) is 4.27. The maximum absolute atomic E-state index is 12.9. The lowest BCUT2D eigenvalue weighted by atomic mass is 9.98. The molecule has 0 saturated carbocycles. The molecule has 1 aromatic carbocycles. The summed E-state index contributed by atoms with van der Waals surface area (Å²) in [7, 11) is 3.19. The molecule has 2 amide bonds. The number of anilines is 1. The molecule has 138 valence electrons. The average Bonchev–Trinajstić information content (AvgIpc) is 3.28. The van der Waals surface area contributed by atoms with Gasteiger partial charge in [0.15, 0.2) is 0 Å². The lowest BCUT2D eigenvalue weighted by Crippen LogP contribution is -2.48. The van der Waals surface area contributed by atoms with E-state index in [1.165, 1.54) is 0 Å². The Labute approximate surface area is 152 Å². The summed E-state index contributed by atoms with van der Waals surface area (Å²) >= 11 is 0. The highest BCUT2D eigenvalue weighted by Crippen LogP contribution is 2.41. The third-order valence-corrected chi connectivity index (χ3v) is 5.49. The van der Waals surface area contributed by atoms with Crippen LogP contribution in [0.25, 0.3) is 0 Å². The summed E-state index contributed by atoms with van der Waals surface area (Å²) in [5, 5.41) is 7.40. The molecule has 4 rings (SSSR count). The van der Waals surface area contributed by atoms with Crippen LogP contribution in [0.15, 0.2) is 36.7 Å². The van der Waals surface area contributed by atoms with Gasteiger partial charge < -0.3 is 19.7 Å². The Kier molecular flexibility index (Phi) is 4.44. The highest BCUT2D eigenvalue weighted by Gasteiger charge is 2.44. The zero-order chi connectivity index (χ0) is 18.1. The number of nitrogens with one attached hydrogen (secondary N) is 1. The van der Waals surface area contributed by atoms with Crippen molar-refractivity contribution in [2.75, 3.05) is 19.5 Å². The van der Waals surface area contributed by atoms with E-state index in [-0.39, 0.29) is 18.1 Å². The maximum atomic E-state index is 12.9. The number of aromatic nitrogens is 2. The number of ether oxygens (including phenoxy) is 2. The van der Waals surface area contributed by atoms with Crippen LogP contribution < -0.4 is 14.8 Å². The highest BCUT2D eigenvalue weighted by atomic mass is 16.5. The van der Waals surface area contributed by atoms with Gasteiger partial charge in [0.25, 0.3) is 0 Å². The molecule has 26 heavy (non-hydrogen) atoms. The number of carbonyl (C=O) groups is 1. The second-order valence-corrected chi connectivity index (χ2v) is 6.90. The standard InChI is InChI=1S/C19H24N4O3/c1-25-16-6-7-17(18(12-16)26-2)21-19(24)23-13-4-5-14(23)11-15(10-13)22-9-3-8-20-22/h3,6-9,12-15H,4-5,10-11H2,1-2H3,(H,21,24). The smallest absolute Gasteiger partial charge is 0.322 e. The summed E-state index contributed by atoms with van der Waals surface area (Å²) in [6.45, 7) is 0. The second-order valence-electron chi connectivity index (χ2n) is 6.90. The molecule has 7 heteroatoms. The summed E-state index contributed by atoms with van der Waals surface area (Å²) < 4.78 is 12.6. The SMILES string of the molecule is COc1ccc(NC(=O)N2C3CCC2CC(n2cccn2)C3)c(OC)c1. The van der Waals surface area contributed by atoms with E-state index in [4.69, 9.17) is 9.47 Å². The number of amides is 2. The maximum Gasteiger partial charge on any atom is 0.322 e. The first-order chi connectivity index (χ1) is 12.7. The number of nitrogens with zero attached hydrogens (tertiary/aromatic N) is 3. The van der Waals surface area contributed by atoms with Gasteiger partial charge >= 0.3 is 6.03 Å². The van der Waals surface area contributed by atoms with Gasteiger partial charge in [-0.25, -0.2) is 4.79 Å². The number of fused-ring (bicyclic) bond motifs is 2. The summed E-state index contributed by atoms with van der Waals surface area (Å²) in [6.07, 6.45) is 7.83. The number of hydrogen-bond donors (Lipinski definition) is 1. The quantitative estimate of drug-likeness (QED) is 0.913. The first-order valence-corrected chi connectivity index (χ1v) is 9.00. The monoisotopic (exact) mass is 356 g/mol. The van der Waals surface area contributed by atoms with Crippen LogP contribution in [-0.4, -0.2) is 47.0 Å². The normalized spacial score (nSPS) is 24.4. The minimum Gasteiger partial charge on any atom is -0.497 e. The first kappa shape index (κ1) is 16.8. The molecule has 3 heterocycles. The lowest BCUT2D eigenvalue weighted by molar-refractivity contribution is 0.129. The summed E-state index contributed by atoms with van der Waals surface area (Å²) in [6, 6.07) is 8.19. The molecule has 2 saturated heterocycles. The zero-order valence-corrected chi connectivity index (χ0v) is 15.1.